The van der Waals surface area contributed by atoms with Crippen LogP contribution in [-0.4, -0.2) is 28.3 Å². The second kappa shape index (κ2) is 9.32. The number of aliphatic hydroxyl groups is 1. The number of halogens is 1. The van der Waals surface area contributed by atoms with E-state index in [1.165, 1.54) is 35.4 Å². The van der Waals surface area contributed by atoms with Crippen molar-refractivity contribution in [2.24, 2.45) is 0 Å². The molecule has 4 rings (SSSR count). The third kappa shape index (κ3) is 4.39. The zero-order valence-corrected chi connectivity index (χ0v) is 18.4. The zero-order chi connectivity index (χ0) is 23.5. The standard InChI is InChI=1S/C26H24FNO5/c1-3-12-33-21-11-8-18(14-16(21)2)24(29)22-23(17-6-9-19(27)10-7-17)28(26(31)25(22)30)15-20-5-4-13-32-20/h4-11,13-14,23,29H,3,12,15H2,1-2H3/b24-22-. The first kappa shape index (κ1) is 22.3. The molecule has 0 saturated carbocycles. The summed E-state index contributed by atoms with van der Waals surface area (Å²) in [6, 6.07) is 13.1. The van der Waals surface area contributed by atoms with Crippen LogP contribution < -0.4 is 4.74 Å². The lowest BCUT2D eigenvalue weighted by Crippen LogP contribution is -2.29. The van der Waals surface area contributed by atoms with Crippen LogP contribution >= 0.6 is 0 Å². The van der Waals surface area contributed by atoms with E-state index in [1.54, 1.807) is 30.3 Å². The normalized spacial score (nSPS) is 17.5. The quantitative estimate of drug-likeness (QED) is 0.307. The van der Waals surface area contributed by atoms with Gasteiger partial charge in [-0.25, -0.2) is 4.39 Å². The molecular weight excluding hydrogens is 425 g/mol. The van der Waals surface area contributed by atoms with Crippen LogP contribution in [0.1, 0.15) is 41.8 Å². The molecule has 0 spiro atoms. The van der Waals surface area contributed by atoms with E-state index in [2.05, 4.69) is 0 Å². The van der Waals surface area contributed by atoms with Crippen LogP contribution in [0.4, 0.5) is 4.39 Å². The van der Waals surface area contributed by atoms with Crippen LogP contribution in [0.15, 0.2) is 70.9 Å². The number of hydrogen-bond donors (Lipinski definition) is 1. The number of aryl methyl sites for hydroxylation is 1. The fraction of sp³-hybridized carbons (Fsp3) is 0.231. The number of rotatable bonds is 7. The first-order valence-electron chi connectivity index (χ1n) is 10.7. The van der Waals surface area contributed by atoms with Crippen LogP contribution in [0.2, 0.25) is 0 Å². The van der Waals surface area contributed by atoms with Gasteiger partial charge in [0.1, 0.15) is 23.1 Å². The van der Waals surface area contributed by atoms with Gasteiger partial charge in [-0.15, -0.1) is 0 Å². The average molecular weight is 449 g/mol. The number of aliphatic hydroxyl groups excluding tert-OH is 1. The van der Waals surface area contributed by atoms with Crippen LogP contribution in [0.25, 0.3) is 5.76 Å². The maximum absolute atomic E-state index is 13.6. The molecule has 1 saturated heterocycles. The molecule has 1 aromatic heterocycles. The lowest BCUT2D eigenvalue weighted by atomic mass is 9.94. The van der Waals surface area contributed by atoms with Gasteiger partial charge >= 0.3 is 0 Å². The summed E-state index contributed by atoms with van der Waals surface area (Å²) in [5.41, 5.74) is 1.62. The summed E-state index contributed by atoms with van der Waals surface area (Å²) in [6.45, 7) is 4.44. The van der Waals surface area contributed by atoms with E-state index in [1.807, 2.05) is 13.8 Å². The van der Waals surface area contributed by atoms with Crippen molar-refractivity contribution in [2.75, 3.05) is 6.61 Å². The van der Waals surface area contributed by atoms with Gasteiger partial charge < -0.3 is 19.2 Å². The van der Waals surface area contributed by atoms with Crippen LogP contribution in [0, 0.1) is 12.7 Å². The third-order valence-electron chi connectivity index (χ3n) is 5.54. The molecule has 0 radical (unpaired) electrons. The van der Waals surface area contributed by atoms with E-state index in [0.717, 1.165) is 12.0 Å². The van der Waals surface area contributed by atoms with Gasteiger partial charge in [-0.2, -0.15) is 0 Å². The van der Waals surface area contributed by atoms with E-state index in [0.29, 0.717) is 29.2 Å². The number of ketones is 1. The monoisotopic (exact) mass is 449 g/mol. The highest BCUT2D eigenvalue weighted by Crippen LogP contribution is 2.40. The van der Waals surface area contributed by atoms with E-state index in [-0.39, 0.29) is 17.9 Å². The molecule has 7 heteroatoms. The van der Waals surface area contributed by atoms with Gasteiger partial charge in [0.25, 0.3) is 11.7 Å². The van der Waals surface area contributed by atoms with Gasteiger partial charge in [0.15, 0.2) is 0 Å². The summed E-state index contributed by atoms with van der Waals surface area (Å²) in [6.07, 6.45) is 2.34. The number of Topliss-reactive ketones (excluding diaryl/α,β-unsaturated/α-hetero) is 1. The third-order valence-corrected chi connectivity index (χ3v) is 5.54. The molecule has 3 aromatic rings. The molecule has 2 aromatic carbocycles. The Balaban J connectivity index is 1.80. The first-order chi connectivity index (χ1) is 15.9. The second-order valence-electron chi connectivity index (χ2n) is 7.89. The highest BCUT2D eigenvalue weighted by molar-refractivity contribution is 6.46. The number of amides is 1. The fourth-order valence-electron chi connectivity index (χ4n) is 3.93. The second-order valence-corrected chi connectivity index (χ2v) is 7.89. The van der Waals surface area contributed by atoms with Gasteiger partial charge in [-0.05, 0) is 66.9 Å². The van der Waals surface area contributed by atoms with Crippen molar-refractivity contribution in [1.29, 1.82) is 0 Å². The molecule has 170 valence electrons. The first-order valence-corrected chi connectivity index (χ1v) is 10.7. The Hall–Kier alpha value is -3.87. The van der Waals surface area contributed by atoms with Crippen molar-refractivity contribution >= 4 is 17.4 Å². The van der Waals surface area contributed by atoms with E-state index in [4.69, 9.17) is 9.15 Å². The van der Waals surface area contributed by atoms with Crippen LogP contribution in [-0.2, 0) is 16.1 Å². The molecule has 2 heterocycles. The molecule has 1 N–H and O–H groups in total. The molecule has 1 atom stereocenters. The minimum absolute atomic E-state index is 0.0270. The maximum atomic E-state index is 13.6. The molecule has 1 unspecified atom stereocenters. The summed E-state index contributed by atoms with van der Waals surface area (Å²) < 4.78 is 24.6. The molecule has 1 aliphatic rings. The summed E-state index contributed by atoms with van der Waals surface area (Å²) >= 11 is 0. The maximum Gasteiger partial charge on any atom is 0.296 e. The Morgan fingerprint density at radius 2 is 1.91 bits per heavy atom. The van der Waals surface area contributed by atoms with Crippen molar-refractivity contribution in [2.45, 2.75) is 32.9 Å². The van der Waals surface area contributed by atoms with Gasteiger partial charge in [0.05, 0.1) is 31.0 Å². The molecular formula is C26H24FNO5. The summed E-state index contributed by atoms with van der Waals surface area (Å²) in [5, 5.41) is 11.2. The van der Waals surface area contributed by atoms with Crippen molar-refractivity contribution in [3.8, 4) is 5.75 Å². The molecule has 1 fully saturated rings. The number of likely N-dealkylation sites (tertiary alicyclic amines) is 1. The van der Waals surface area contributed by atoms with Crippen molar-refractivity contribution < 1.29 is 28.2 Å². The topological polar surface area (TPSA) is 80.0 Å². The van der Waals surface area contributed by atoms with Crippen LogP contribution in [0.3, 0.4) is 0 Å². The van der Waals surface area contributed by atoms with Gasteiger partial charge in [-0.3, -0.25) is 9.59 Å². The molecule has 33 heavy (non-hydrogen) atoms. The Kier molecular flexibility index (Phi) is 6.31. The van der Waals surface area contributed by atoms with Crippen LogP contribution in [0.5, 0.6) is 5.75 Å². The number of ether oxygens (including phenoxy) is 1. The van der Waals surface area contributed by atoms with Gasteiger partial charge in [0.2, 0.25) is 0 Å². The summed E-state index contributed by atoms with van der Waals surface area (Å²) in [5.74, 6) is -1.15. The Morgan fingerprint density at radius 3 is 2.55 bits per heavy atom. The number of furan rings is 1. The predicted molar refractivity (Wildman–Crippen MR) is 120 cm³/mol. The SMILES string of the molecule is CCCOc1ccc(/C(O)=C2/C(=O)C(=O)N(Cc3ccco3)C2c2ccc(F)cc2)cc1C. The Bertz CT molecular complexity index is 1200. The van der Waals surface area contributed by atoms with Gasteiger partial charge in [0, 0.05) is 5.56 Å². The Labute approximate surface area is 190 Å². The summed E-state index contributed by atoms with van der Waals surface area (Å²) in [7, 11) is 0. The largest absolute Gasteiger partial charge is 0.507 e. The minimum atomic E-state index is -0.896. The summed E-state index contributed by atoms with van der Waals surface area (Å²) in [4.78, 5) is 27.4. The molecule has 1 amide bonds. The molecule has 1 aliphatic heterocycles. The minimum Gasteiger partial charge on any atom is -0.507 e. The lowest BCUT2D eigenvalue weighted by molar-refractivity contribution is -0.140. The molecule has 6 nitrogen and oxygen atoms in total. The lowest BCUT2D eigenvalue weighted by Gasteiger charge is -2.24. The number of benzene rings is 2. The highest BCUT2D eigenvalue weighted by atomic mass is 19.1. The predicted octanol–water partition coefficient (Wildman–Crippen LogP) is 5.14. The molecule has 0 bridgehead atoms. The van der Waals surface area contributed by atoms with Crippen molar-refractivity contribution in [3.63, 3.8) is 0 Å². The van der Waals surface area contributed by atoms with Crippen molar-refractivity contribution in [1.82, 2.24) is 4.90 Å². The van der Waals surface area contributed by atoms with E-state index < -0.39 is 23.5 Å². The number of carbonyl (C=O) groups is 2. The number of hydrogen-bond acceptors (Lipinski definition) is 5. The highest BCUT2D eigenvalue weighted by Gasteiger charge is 2.46. The van der Waals surface area contributed by atoms with Crippen molar-refractivity contribution in [3.05, 3.63) is 94.7 Å². The molecule has 0 aliphatic carbocycles. The van der Waals surface area contributed by atoms with E-state index >= 15 is 0 Å². The average Bonchev–Trinajstić information content (AvgIpc) is 3.41. The van der Waals surface area contributed by atoms with E-state index in [9.17, 15) is 19.1 Å². The zero-order valence-electron chi connectivity index (χ0n) is 18.4. The number of carbonyl (C=O) groups excluding carboxylic acids is 2. The smallest absolute Gasteiger partial charge is 0.296 e. The Morgan fingerprint density at radius 1 is 1.15 bits per heavy atom. The van der Waals surface area contributed by atoms with Gasteiger partial charge in [-0.1, -0.05) is 19.1 Å². The number of nitrogens with zero attached hydrogens (tertiary/aromatic N) is 1. The fourth-order valence-corrected chi connectivity index (χ4v) is 3.93.